The van der Waals surface area contributed by atoms with Gasteiger partial charge >= 0.3 is 0 Å². The van der Waals surface area contributed by atoms with Crippen molar-refractivity contribution in [2.45, 2.75) is 105 Å². The average Bonchev–Trinajstić information content (AvgIpc) is 2.97. The van der Waals surface area contributed by atoms with Crippen LogP contribution in [0.4, 0.5) is 0 Å². The average molecular weight is 296 g/mol. The van der Waals surface area contributed by atoms with Gasteiger partial charge in [-0.1, -0.05) is 84.3 Å². The van der Waals surface area contributed by atoms with E-state index in [0.29, 0.717) is 0 Å². The highest BCUT2D eigenvalue weighted by Gasteiger charge is 2.00. The summed E-state index contributed by atoms with van der Waals surface area (Å²) < 4.78 is 2.02. The van der Waals surface area contributed by atoms with Crippen LogP contribution in [0.5, 0.6) is 0 Å². The van der Waals surface area contributed by atoms with Crippen molar-refractivity contribution in [3.63, 3.8) is 0 Å². The standard InChI is InChI=1S/C16H31N3.C2H6/c1-3-5-7-9-11-13-16-15-19(18-17-16)14-12-10-8-6-4-2;1-2/h15H,3-14H2,1-2H3;1-2H3. The summed E-state index contributed by atoms with van der Waals surface area (Å²) in [5.74, 6) is 0. The summed E-state index contributed by atoms with van der Waals surface area (Å²) in [7, 11) is 0. The van der Waals surface area contributed by atoms with Gasteiger partial charge in [-0.3, -0.25) is 4.68 Å². The SMILES string of the molecule is CC.CCCCCCCc1cn(CCCCCCC)nn1. The number of rotatable bonds is 12. The van der Waals surface area contributed by atoms with Gasteiger partial charge in [-0.05, 0) is 19.3 Å². The fourth-order valence-electron chi connectivity index (χ4n) is 2.35. The molecule has 0 aliphatic heterocycles. The molecule has 3 heteroatoms. The topological polar surface area (TPSA) is 30.7 Å². The Morgan fingerprint density at radius 3 is 2.00 bits per heavy atom. The van der Waals surface area contributed by atoms with Crippen LogP contribution in [0, 0.1) is 0 Å². The summed E-state index contributed by atoms with van der Waals surface area (Å²) >= 11 is 0. The Morgan fingerprint density at radius 2 is 1.38 bits per heavy atom. The molecule has 21 heavy (non-hydrogen) atoms. The molecule has 1 aromatic heterocycles. The number of hydrogen-bond acceptors (Lipinski definition) is 2. The van der Waals surface area contributed by atoms with Gasteiger partial charge in [0.15, 0.2) is 0 Å². The minimum absolute atomic E-state index is 1.03. The fraction of sp³-hybridized carbons (Fsp3) is 0.889. The minimum Gasteiger partial charge on any atom is -0.252 e. The lowest BCUT2D eigenvalue weighted by Crippen LogP contribution is -1.98. The zero-order valence-electron chi connectivity index (χ0n) is 14.9. The molecule has 1 aromatic rings. The number of nitrogens with zero attached hydrogens (tertiary/aromatic N) is 3. The molecule has 0 spiro atoms. The second-order valence-corrected chi connectivity index (χ2v) is 5.55. The summed E-state index contributed by atoms with van der Waals surface area (Å²) in [6.07, 6.45) is 16.5. The maximum Gasteiger partial charge on any atom is 0.0827 e. The van der Waals surface area contributed by atoms with E-state index in [2.05, 4.69) is 30.4 Å². The Labute approximate surface area is 132 Å². The molecule has 0 unspecified atom stereocenters. The molecule has 1 rings (SSSR count). The van der Waals surface area contributed by atoms with Crippen molar-refractivity contribution < 1.29 is 0 Å². The Morgan fingerprint density at radius 1 is 0.810 bits per heavy atom. The summed E-state index contributed by atoms with van der Waals surface area (Å²) in [5, 5.41) is 8.48. The second kappa shape index (κ2) is 15.5. The molecule has 0 fully saturated rings. The lowest BCUT2D eigenvalue weighted by Gasteiger charge is -2.00. The molecule has 0 aliphatic carbocycles. The Bertz CT molecular complexity index is 279. The first-order valence-corrected chi connectivity index (χ1v) is 9.25. The Kier molecular flexibility index (Phi) is 14.9. The molecule has 0 radical (unpaired) electrons. The molecular weight excluding hydrogens is 258 g/mol. The van der Waals surface area contributed by atoms with Gasteiger partial charge in [0.25, 0.3) is 0 Å². The van der Waals surface area contributed by atoms with Crippen LogP contribution in [-0.4, -0.2) is 15.0 Å². The van der Waals surface area contributed by atoms with Crippen LogP contribution < -0.4 is 0 Å². The molecule has 3 nitrogen and oxygen atoms in total. The monoisotopic (exact) mass is 295 g/mol. The van der Waals surface area contributed by atoms with Crippen LogP contribution in [0.3, 0.4) is 0 Å². The van der Waals surface area contributed by atoms with Crippen molar-refractivity contribution in [2.24, 2.45) is 0 Å². The quantitative estimate of drug-likeness (QED) is 0.457. The normalized spacial score (nSPS) is 10.3. The van der Waals surface area contributed by atoms with Crippen molar-refractivity contribution >= 4 is 0 Å². The lowest BCUT2D eigenvalue weighted by atomic mass is 10.1. The molecule has 0 amide bonds. The van der Waals surface area contributed by atoms with Crippen molar-refractivity contribution in [2.75, 3.05) is 0 Å². The van der Waals surface area contributed by atoms with Crippen molar-refractivity contribution in [3.05, 3.63) is 11.9 Å². The summed E-state index contributed by atoms with van der Waals surface area (Å²) in [4.78, 5) is 0. The van der Waals surface area contributed by atoms with Crippen LogP contribution in [0.15, 0.2) is 6.20 Å². The molecule has 0 aliphatic rings. The first-order valence-electron chi connectivity index (χ1n) is 9.25. The van der Waals surface area contributed by atoms with Crippen LogP contribution >= 0.6 is 0 Å². The number of hydrogen-bond donors (Lipinski definition) is 0. The van der Waals surface area contributed by atoms with Gasteiger partial charge in [-0.2, -0.15) is 0 Å². The Hall–Kier alpha value is -0.860. The molecule has 1 heterocycles. The van der Waals surface area contributed by atoms with E-state index < -0.39 is 0 Å². The van der Waals surface area contributed by atoms with Crippen molar-refractivity contribution in [3.8, 4) is 0 Å². The van der Waals surface area contributed by atoms with E-state index in [9.17, 15) is 0 Å². The predicted molar refractivity (Wildman–Crippen MR) is 92.6 cm³/mol. The predicted octanol–water partition coefficient (Wildman–Crippen LogP) is 5.79. The molecule has 0 aromatic carbocycles. The van der Waals surface area contributed by atoms with Gasteiger partial charge in [0.1, 0.15) is 0 Å². The van der Waals surface area contributed by atoms with Gasteiger partial charge in [-0.15, -0.1) is 5.10 Å². The van der Waals surface area contributed by atoms with E-state index in [-0.39, 0.29) is 0 Å². The maximum atomic E-state index is 4.26. The smallest absolute Gasteiger partial charge is 0.0827 e. The third-order valence-electron chi connectivity index (χ3n) is 3.61. The highest BCUT2D eigenvalue weighted by atomic mass is 15.4. The van der Waals surface area contributed by atoms with Crippen molar-refractivity contribution in [1.29, 1.82) is 0 Å². The lowest BCUT2D eigenvalue weighted by molar-refractivity contribution is 0.521. The second-order valence-electron chi connectivity index (χ2n) is 5.55. The number of unbranched alkanes of at least 4 members (excludes halogenated alkanes) is 8. The third-order valence-corrected chi connectivity index (χ3v) is 3.61. The van der Waals surface area contributed by atoms with Crippen molar-refractivity contribution in [1.82, 2.24) is 15.0 Å². The van der Waals surface area contributed by atoms with Crippen LogP contribution in [0.1, 0.15) is 97.6 Å². The molecule has 0 saturated carbocycles. The summed E-state index contributed by atoms with van der Waals surface area (Å²) in [6, 6.07) is 0. The molecule has 0 atom stereocenters. The largest absolute Gasteiger partial charge is 0.252 e. The summed E-state index contributed by atoms with van der Waals surface area (Å²) in [5.41, 5.74) is 1.17. The first kappa shape index (κ1) is 20.1. The minimum atomic E-state index is 1.03. The third kappa shape index (κ3) is 11.5. The fourth-order valence-corrected chi connectivity index (χ4v) is 2.35. The van der Waals surface area contributed by atoms with E-state index in [1.165, 1.54) is 69.9 Å². The van der Waals surface area contributed by atoms with Gasteiger partial charge in [0, 0.05) is 12.7 Å². The molecular formula is C18H37N3. The van der Waals surface area contributed by atoms with Gasteiger partial charge in [0.2, 0.25) is 0 Å². The van der Waals surface area contributed by atoms with Crippen LogP contribution in [-0.2, 0) is 13.0 Å². The molecule has 0 saturated heterocycles. The Balaban J connectivity index is 0.00000191. The maximum absolute atomic E-state index is 4.26. The van der Waals surface area contributed by atoms with Crippen LogP contribution in [0.2, 0.25) is 0 Å². The van der Waals surface area contributed by atoms with E-state index in [1.54, 1.807) is 0 Å². The summed E-state index contributed by atoms with van der Waals surface area (Å²) in [6.45, 7) is 9.54. The zero-order chi connectivity index (χ0) is 15.8. The van der Waals surface area contributed by atoms with Gasteiger partial charge in [0.05, 0.1) is 5.69 Å². The van der Waals surface area contributed by atoms with E-state index in [4.69, 9.17) is 0 Å². The first-order chi connectivity index (χ1) is 10.4. The highest BCUT2D eigenvalue weighted by molar-refractivity contribution is 4.92. The number of aryl methyl sites for hydroxylation is 2. The van der Waals surface area contributed by atoms with E-state index in [1.807, 2.05) is 18.5 Å². The zero-order valence-corrected chi connectivity index (χ0v) is 14.9. The van der Waals surface area contributed by atoms with Gasteiger partial charge < -0.3 is 0 Å². The van der Waals surface area contributed by atoms with Gasteiger partial charge in [-0.25, -0.2) is 0 Å². The van der Waals surface area contributed by atoms with Crippen LogP contribution in [0.25, 0.3) is 0 Å². The molecule has 0 bridgehead atoms. The number of aromatic nitrogens is 3. The van der Waals surface area contributed by atoms with E-state index >= 15 is 0 Å². The molecule has 124 valence electrons. The molecule has 0 N–H and O–H groups in total. The highest BCUT2D eigenvalue weighted by Crippen LogP contribution is 2.08. The van der Waals surface area contributed by atoms with E-state index in [0.717, 1.165) is 13.0 Å².